The maximum atomic E-state index is 14.4. The number of ether oxygens (including phenoxy) is 2. The van der Waals surface area contributed by atoms with Crippen molar-refractivity contribution in [3.8, 4) is 22.6 Å². The van der Waals surface area contributed by atoms with E-state index in [9.17, 15) is 9.18 Å². The molecule has 0 amide bonds. The number of carbonyl (C=O) groups excluding carboxylic acids is 1. The van der Waals surface area contributed by atoms with Gasteiger partial charge in [-0.15, -0.1) is 0 Å². The largest absolute Gasteiger partial charge is 0.490 e. The van der Waals surface area contributed by atoms with Crippen molar-refractivity contribution in [1.82, 2.24) is 0 Å². The molecule has 0 unspecified atom stereocenters. The first kappa shape index (κ1) is 28.4. The lowest BCUT2D eigenvalue weighted by Crippen LogP contribution is -2.12. The molecule has 0 spiro atoms. The third-order valence-electron chi connectivity index (χ3n) is 6.60. The second-order valence-electron chi connectivity index (χ2n) is 9.65. The van der Waals surface area contributed by atoms with Crippen LogP contribution in [0.5, 0.6) is 11.5 Å². The van der Waals surface area contributed by atoms with Gasteiger partial charge in [-0.3, -0.25) is 0 Å². The van der Waals surface area contributed by atoms with E-state index in [0.29, 0.717) is 12.4 Å². The molecule has 0 fully saturated rings. The molecule has 0 saturated heterocycles. The molecule has 198 valence electrons. The summed E-state index contributed by atoms with van der Waals surface area (Å²) < 4.78 is 25.6. The first-order chi connectivity index (χ1) is 18.1. The van der Waals surface area contributed by atoms with Crippen molar-refractivity contribution in [2.75, 3.05) is 6.61 Å². The fourth-order valence-electron chi connectivity index (χ4n) is 4.37. The number of esters is 1. The van der Waals surface area contributed by atoms with Gasteiger partial charge in [-0.1, -0.05) is 108 Å². The molecule has 0 saturated carbocycles. The van der Waals surface area contributed by atoms with E-state index in [1.807, 2.05) is 12.1 Å². The van der Waals surface area contributed by atoms with Gasteiger partial charge in [0, 0.05) is 0 Å². The number of hydrogen-bond donors (Lipinski definition) is 0. The lowest BCUT2D eigenvalue weighted by molar-refractivity contribution is 0.0729. The Labute approximate surface area is 222 Å². The molecule has 37 heavy (non-hydrogen) atoms. The minimum absolute atomic E-state index is 0.0370. The summed E-state index contributed by atoms with van der Waals surface area (Å²) in [6, 6.07) is 20.4. The zero-order valence-corrected chi connectivity index (χ0v) is 22.4. The number of unbranched alkanes of at least 4 members (excludes halogenated alkanes) is 8. The molecule has 3 aromatic rings. The molecule has 0 N–H and O–H groups in total. The average Bonchev–Trinajstić information content (AvgIpc) is 2.92. The van der Waals surface area contributed by atoms with Gasteiger partial charge in [0.2, 0.25) is 0 Å². The third kappa shape index (κ3) is 9.35. The van der Waals surface area contributed by atoms with E-state index >= 15 is 0 Å². The standard InChI is InChI=1S/C33H41FO3/c1-3-5-7-9-11-14-26-17-19-27(20-18-26)28-21-23-29(24-22-28)37-33(35)30-15-13-16-31(34)32(30)36-25-12-10-8-6-4-2/h13,15-24H,3-12,14,25H2,1-2H3. The first-order valence-electron chi connectivity index (χ1n) is 13.9. The topological polar surface area (TPSA) is 35.5 Å². The Morgan fingerprint density at radius 2 is 1.30 bits per heavy atom. The molecule has 0 aromatic heterocycles. The monoisotopic (exact) mass is 504 g/mol. The summed E-state index contributed by atoms with van der Waals surface area (Å²) in [5.41, 5.74) is 3.63. The second kappa shape index (κ2) is 15.9. The fraction of sp³-hybridized carbons (Fsp3) is 0.424. The van der Waals surface area contributed by atoms with Crippen LogP contribution in [0.3, 0.4) is 0 Å². The van der Waals surface area contributed by atoms with Crippen molar-refractivity contribution in [2.24, 2.45) is 0 Å². The van der Waals surface area contributed by atoms with Crippen molar-refractivity contribution in [1.29, 1.82) is 0 Å². The van der Waals surface area contributed by atoms with Gasteiger partial charge >= 0.3 is 5.97 Å². The van der Waals surface area contributed by atoms with E-state index in [2.05, 4.69) is 38.1 Å². The predicted molar refractivity (Wildman–Crippen MR) is 150 cm³/mol. The van der Waals surface area contributed by atoms with Crippen LogP contribution in [-0.4, -0.2) is 12.6 Å². The van der Waals surface area contributed by atoms with Gasteiger partial charge in [0.15, 0.2) is 11.6 Å². The lowest BCUT2D eigenvalue weighted by Gasteiger charge is -2.12. The summed E-state index contributed by atoms with van der Waals surface area (Å²) in [5, 5.41) is 0. The van der Waals surface area contributed by atoms with Crippen LogP contribution in [0, 0.1) is 5.82 Å². The number of aryl methyl sites for hydroxylation is 1. The predicted octanol–water partition coefficient (Wildman–Crippen LogP) is 9.57. The molecular formula is C33H41FO3. The van der Waals surface area contributed by atoms with Crippen LogP contribution in [0.25, 0.3) is 11.1 Å². The van der Waals surface area contributed by atoms with Crippen molar-refractivity contribution in [3.63, 3.8) is 0 Å². The minimum Gasteiger partial charge on any atom is -0.490 e. The van der Waals surface area contributed by atoms with E-state index in [-0.39, 0.29) is 11.3 Å². The van der Waals surface area contributed by atoms with Crippen molar-refractivity contribution >= 4 is 5.97 Å². The van der Waals surface area contributed by atoms with Gasteiger partial charge in [-0.25, -0.2) is 9.18 Å². The highest BCUT2D eigenvalue weighted by atomic mass is 19.1. The summed E-state index contributed by atoms with van der Waals surface area (Å²) in [6.45, 7) is 4.77. The van der Waals surface area contributed by atoms with Crippen LogP contribution < -0.4 is 9.47 Å². The second-order valence-corrected chi connectivity index (χ2v) is 9.65. The molecule has 0 aliphatic rings. The van der Waals surface area contributed by atoms with Crippen LogP contribution in [0.1, 0.15) is 94.0 Å². The van der Waals surface area contributed by atoms with Crippen molar-refractivity contribution in [3.05, 3.63) is 83.7 Å². The zero-order valence-electron chi connectivity index (χ0n) is 22.4. The lowest BCUT2D eigenvalue weighted by atomic mass is 10.0. The first-order valence-corrected chi connectivity index (χ1v) is 13.9. The molecule has 3 rings (SSSR count). The number of rotatable bonds is 16. The van der Waals surface area contributed by atoms with Gasteiger partial charge in [0.1, 0.15) is 11.3 Å². The molecule has 3 aromatic carbocycles. The number of para-hydroxylation sites is 1. The minimum atomic E-state index is -0.628. The summed E-state index contributed by atoms with van der Waals surface area (Å²) in [4.78, 5) is 12.8. The molecule has 0 aliphatic heterocycles. The van der Waals surface area contributed by atoms with Gasteiger partial charge in [0.25, 0.3) is 0 Å². The maximum Gasteiger partial charge on any atom is 0.347 e. The summed E-state index contributed by atoms with van der Waals surface area (Å²) >= 11 is 0. The Bertz CT molecular complexity index is 1070. The number of hydrogen-bond acceptors (Lipinski definition) is 3. The van der Waals surface area contributed by atoms with E-state index in [4.69, 9.17) is 9.47 Å². The van der Waals surface area contributed by atoms with Gasteiger partial charge in [-0.05, 0) is 60.2 Å². The molecule has 0 aliphatic carbocycles. The molecule has 0 heterocycles. The Morgan fingerprint density at radius 1 is 0.703 bits per heavy atom. The molecular weight excluding hydrogens is 463 g/mol. The van der Waals surface area contributed by atoms with Gasteiger partial charge in [-0.2, -0.15) is 0 Å². The van der Waals surface area contributed by atoms with E-state index < -0.39 is 11.8 Å². The average molecular weight is 505 g/mol. The maximum absolute atomic E-state index is 14.4. The normalized spacial score (nSPS) is 10.9. The van der Waals surface area contributed by atoms with E-state index in [0.717, 1.165) is 43.2 Å². The zero-order chi connectivity index (χ0) is 26.3. The molecule has 4 heteroatoms. The smallest absolute Gasteiger partial charge is 0.347 e. The molecule has 0 atom stereocenters. The van der Waals surface area contributed by atoms with E-state index in [1.54, 1.807) is 12.1 Å². The Hall–Kier alpha value is -3.14. The van der Waals surface area contributed by atoms with Crippen LogP contribution in [0.15, 0.2) is 66.7 Å². The van der Waals surface area contributed by atoms with Crippen LogP contribution in [-0.2, 0) is 6.42 Å². The Morgan fingerprint density at radius 3 is 1.95 bits per heavy atom. The number of carbonyl (C=O) groups is 1. The molecule has 0 radical (unpaired) electrons. The number of halogens is 1. The van der Waals surface area contributed by atoms with Gasteiger partial charge in [0.05, 0.1) is 6.61 Å². The van der Waals surface area contributed by atoms with Crippen LogP contribution in [0.4, 0.5) is 4.39 Å². The third-order valence-corrected chi connectivity index (χ3v) is 6.60. The highest BCUT2D eigenvalue weighted by molar-refractivity contribution is 5.94. The quantitative estimate of drug-likeness (QED) is 0.111. The SMILES string of the molecule is CCCCCCCOc1c(F)cccc1C(=O)Oc1ccc(-c2ccc(CCCCCCC)cc2)cc1. The van der Waals surface area contributed by atoms with Gasteiger partial charge < -0.3 is 9.47 Å². The highest BCUT2D eigenvalue weighted by Crippen LogP contribution is 2.27. The highest BCUT2D eigenvalue weighted by Gasteiger charge is 2.19. The Kier molecular flexibility index (Phi) is 12.2. The summed E-state index contributed by atoms with van der Waals surface area (Å²) in [5.74, 6) is -0.809. The Balaban J connectivity index is 1.55. The summed E-state index contributed by atoms with van der Waals surface area (Å²) in [6.07, 6.45) is 12.9. The summed E-state index contributed by atoms with van der Waals surface area (Å²) in [7, 11) is 0. The van der Waals surface area contributed by atoms with Crippen molar-refractivity contribution < 1.29 is 18.7 Å². The van der Waals surface area contributed by atoms with Crippen LogP contribution in [0.2, 0.25) is 0 Å². The molecule has 3 nitrogen and oxygen atoms in total. The van der Waals surface area contributed by atoms with E-state index in [1.165, 1.54) is 62.3 Å². The van der Waals surface area contributed by atoms with Crippen LogP contribution >= 0.6 is 0 Å². The fourth-order valence-corrected chi connectivity index (χ4v) is 4.37. The molecule has 0 bridgehead atoms. The van der Waals surface area contributed by atoms with Crippen molar-refractivity contribution in [2.45, 2.75) is 84.5 Å². The number of benzene rings is 3.